The van der Waals surface area contributed by atoms with Gasteiger partial charge in [-0.1, -0.05) is 29.4 Å². The van der Waals surface area contributed by atoms with Crippen molar-refractivity contribution in [1.29, 1.82) is 0 Å². The quantitative estimate of drug-likeness (QED) is 0.523. The molecule has 0 radical (unpaired) electrons. The van der Waals surface area contributed by atoms with Crippen LogP contribution >= 0.6 is 0 Å². The first-order valence-electron chi connectivity index (χ1n) is 10.5. The first-order valence-corrected chi connectivity index (χ1v) is 10.5. The van der Waals surface area contributed by atoms with Crippen LogP contribution in [0.1, 0.15) is 33.3 Å². The van der Waals surface area contributed by atoms with Gasteiger partial charge >= 0.3 is 5.97 Å². The van der Waals surface area contributed by atoms with Gasteiger partial charge in [0.2, 0.25) is 0 Å². The Labute approximate surface area is 185 Å². The largest absolute Gasteiger partial charge is 0.489 e. The Morgan fingerprint density at radius 3 is 2.69 bits per heavy atom. The lowest BCUT2D eigenvalue weighted by molar-refractivity contribution is 0.0302. The van der Waals surface area contributed by atoms with E-state index in [2.05, 4.69) is 5.16 Å². The molecule has 166 valence electrons. The number of aromatic nitrogens is 1. The summed E-state index contributed by atoms with van der Waals surface area (Å²) in [7, 11) is 0. The Hall–Kier alpha value is -3.65. The highest BCUT2D eigenvalue weighted by Crippen LogP contribution is 2.25. The van der Waals surface area contributed by atoms with E-state index in [-0.39, 0.29) is 18.2 Å². The molecule has 4 rings (SSSR count). The molecule has 3 aromatic rings. The van der Waals surface area contributed by atoms with Gasteiger partial charge in [-0.15, -0.1) is 0 Å². The summed E-state index contributed by atoms with van der Waals surface area (Å²) in [5.41, 5.74) is 2.37. The van der Waals surface area contributed by atoms with Crippen molar-refractivity contribution in [2.45, 2.75) is 13.5 Å². The van der Waals surface area contributed by atoms with E-state index in [4.69, 9.17) is 18.7 Å². The Balaban J connectivity index is 1.41. The molecular formula is C24H24N2O6. The Morgan fingerprint density at radius 2 is 1.88 bits per heavy atom. The molecule has 0 spiro atoms. The lowest BCUT2D eigenvalue weighted by atomic mass is 10.1. The fourth-order valence-corrected chi connectivity index (χ4v) is 3.36. The Morgan fingerprint density at radius 1 is 1.06 bits per heavy atom. The Bertz CT molecular complexity index is 1090. The van der Waals surface area contributed by atoms with Crippen molar-refractivity contribution in [3.05, 3.63) is 71.4 Å². The number of carbonyl (C=O) groups is 2. The highest BCUT2D eigenvalue weighted by Gasteiger charge is 2.19. The third-order valence-electron chi connectivity index (χ3n) is 4.99. The summed E-state index contributed by atoms with van der Waals surface area (Å²) in [5, 5.41) is 3.76. The van der Waals surface area contributed by atoms with Crippen LogP contribution in [-0.2, 0) is 16.1 Å². The first kappa shape index (κ1) is 21.6. The third-order valence-corrected chi connectivity index (χ3v) is 4.99. The molecule has 1 aromatic heterocycles. The van der Waals surface area contributed by atoms with Crippen molar-refractivity contribution >= 4 is 11.9 Å². The first-order chi connectivity index (χ1) is 15.6. The van der Waals surface area contributed by atoms with E-state index in [0.717, 1.165) is 11.1 Å². The Kier molecular flexibility index (Phi) is 6.81. The van der Waals surface area contributed by atoms with E-state index >= 15 is 0 Å². The van der Waals surface area contributed by atoms with E-state index in [9.17, 15) is 9.59 Å². The van der Waals surface area contributed by atoms with Gasteiger partial charge in [-0.05, 0) is 36.8 Å². The number of morpholine rings is 1. The van der Waals surface area contributed by atoms with Gasteiger partial charge in [-0.2, -0.15) is 0 Å². The van der Waals surface area contributed by atoms with E-state index in [1.807, 2.05) is 42.5 Å². The molecule has 1 aliphatic heterocycles. The summed E-state index contributed by atoms with van der Waals surface area (Å²) in [5.74, 6) is 0.541. The summed E-state index contributed by atoms with van der Waals surface area (Å²) in [4.78, 5) is 26.3. The van der Waals surface area contributed by atoms with Gasteiger partial charge in [0.1, 0.15) is 12.4 Å². The van der Waals surface area contributed by atoms with Crippen molar-refractivity contribution in [3.63, 3.8) is 0 Å². The molecule has 2 aromatic carbocycles. The third kappa shape index (κ3) is 5.15. The molecule has 2 heterocycles. The maximum absolute atomic E-state index is 12.7. The molecular weight excluding hydrogens is 412 g/mol. The minimum Gasteiger partial charge on any atom is -0.489 e. The number of rotatable bonds is 7. The highest BCUT2D eigenvalue weighted by atomic mass is 16.5. The lowest BCUT2D eigenvalue weighted by Crippen LogP contribution is -2.40. The second-order valence-electron chi connectivity index (χ2n) is 7.22. The van der Waals surface area contributed by atoms with Crippen LogP contribution < -0.4 is 4.74 Å². The van der Waals surface area contributed by atoms with E-state index in [1.54, 1.807) is 17.9 Å². The van der Waals surface area contributed by atoms with Crippen LogP contribution in [0.25, 0.3) is 11.3 Å². The standard InChI is InChI=1S/C24H24N2O6/c1-2-30-24(28)21-15-22(32-25-21)18-6-4-8-20(14-18)31-16-17-5-3-7-19(13-17)23(27)26-9-11-29-12-10-26/h3-8,13-15H,2,9-12,16H2,1H3. The number of ether oxygens (including phenoxy) is 3. The number of hydrogen-bond donors (Lipinski definition) is 0. The second kappa shape index (κ2) is 10.1. The van der Waals surface area contributed by atoms with Gasteiger partial charge in [-0.3, -0.25) is 4.79 Å². The number of benzene rings is 2. The van der Waals surface area contributed by atoms with Gasteiger partial charge < -0.3 is 23.6 Å². The van der Waals surface area contributed by atoms with Gasteiger partial charge in [0, 0.05) is 30.3 Å². The maximum atomic E-state index is 12.7. The smallest absolute Gasteiger partial charge is 0.360 e. The molecule has 0 bridgehead atoms. The highest BCUT2D eigenvalue weighted by molar-refractivity contribution is 5.94. The molecule has 0 saturated carbocycles. The van der Waals surface area contributed by atoms with Gasteiger partial charge in [0.25, 0.3) is 5.91 Å². The number of amides is 1. The number of carbonyl (C=O) groups excluding carboxylic acids is 2. The summed E-state index contributed by atoms with van der Waals surface area (Å²) in [6.07, 6.45) is 0. The monoisotopic (exact) mass is 436 g/mol. The predicted molar refractivity (Wildman–Crippen MR) is 115 cm³/mol. The van der Waals surface area contributed by atoms with Crippen molar-refractivity contribution in [2.75, 3.05) is 32.9 Å². The zero-order valence-electron chi connectivity index (χ0n) is 17.8. The van der Waals surface area contributed by atoms with Crippen LogP contribution in [0.2, 0.25) is 0 Å². The second-order valence-corrected chi connectivity index (χ2v) is 7.22. The zero-order valence-corrected chi connectivity index (χ0v) is 17.8. The molecule has 0 N–H and O–H groups in total. The predicted octanol–water partition coefficient (Wildman–Crippen LogP) is 3.57. The molecule has 1 amide bonds. The minimum absolute atomic E-state index is 0.000120. The van der Waals surface area contributed by atoms with Crippen LogP contribution in [0.3, 0.4) is 0 Å². The van der Waals surface area contributed by atoms with E-state index in [1.165, 1.54) is 6.07 Å². The molecule has 1 saturated heterocycles. The average Bonchev–Trinajstić information content (AvgIpc) is 3.34. The van der Waals surface area contributed by atoms with Crippen molar-refractivity contribution in [2.24, 2.45) is 0 Å². The molecule has 0 aliphatic carbocycles. The number of nitrogens with zero attached hydrogens (tertiary/aromatic N) is 2. The van der Waals surface area contributed by atoms with Crippen LogP contribution in [0, 0.1) is 0 Å². The normalized spacial score (nSPS) is 13.6. The fourth-order valence-electron chi connectivity index (χ4n) is 3.36. The molecule has 8 heteroatoms. The minimum atomic E-state index is -0.526. The van der Waals surface area contributed by atoms with Gasteiger partial charge in [0.15, 0.2) is 11.5 Å². The summed E-state index contributed by atoms with van der Waals surface area (Å²) in [6.45, 7) is 4.64. The topological polar surface area (TPSA) is 91.1 Å². The van der Waals surface area contributed by atoms with Gasteiger partial charge in [-0.25, -0.2) is 4.79 Å². The molecule has 1 aliphatic rings. The number of esters is 1. The molecule has 0 atom stereocenters. The number of hydrogen-bond acceptors (Lipinski definition) is 7. The van der Waals surface area contributed by atoms with Crippen LogP contribution in [-0.4, -0.2) is 54.8 Å². The van der Waals surface area contributed by atoms with Crippen LogP contribution in [0.4, 0.5) is 0 Å². The average molecular weight is 436 g/mol. The van der Waals surface area contributed by atoms with E-state index in [0.29, 0.717) is 50.0 Å². The lowest BCUT2D eigenvalue weighted by Gasteiger charge is -2.27. The van der Waals surface area contributed by atoms with Crippen molar-refractivity contribution < 1.29 is 28.3 Å². The van der Waals surface area contributed by atoms with Gasteiger partial charge in [0.05, 0.1) is 19.8 Å². The van der Waals surface area contributed by atoms with E-state index < -0.39 is 5.97 Å². The zero-order chi connectivity index (χ0) is 22.3. The van der Waals surface area contributed by atoms with Crippen LogP contribution in [0.15, 0.2) is 59.1 Å². The van der Waals surface area contributed by atoms with Crippen LogP contribution in [0.5, 0.6) is 5.75 Å². The molecule has 32 heavy (non-hydrogen) atoms. The molecule has 8 nitrogen and oxygen atoms in total. The molecule has 1 fully saturated rings. The SMILES string of the molecule is CCOC(=O)c1cc(-c2cccc(OCc3cccc(C(=O)N4CCOCC4)c3)c2)on1. The van der Waals surface area contributed by atoms with Crippen molar-refractivity contribution in [1.82, 2.24) is 10.1 Å². The summed E-state index contributed by atoms with van der Waals surface area (Å²) >= 11 is 0. The van der Waals surface area contributed by atoms with Crippen molar-refractivity contribution in [3.8, 4) is 17.1 Å². The molecule has 0 unspecified atom stereocenters. The summed E-state index contributed by atoms with van der Waals surface area (Å²) < 4.78 is 21.5. The summed E-state index contributed by atoms with van der Waals surface area (Å²) in [6, 6.07) is 16.3. The fraction of sp³-hybridized carbons (Fsp3) is 0.292. The maximum Gasteiger partial charge on any atom is 0.360 e.